The number of sulfone groups is 2. The highest BCUT2D eigenvalue weighted by molar-refractivity contribution is 7.93. The summed E-state index contributed by atoms with van der Waals surface area (Å²) >= 11 is 0. The van der Waals surface area contributed by atoms with Crippen LogP contribution in [-0.2, 0) is 34.0 Å². The van der Waals surface area contributed by atoms with Gasteiger partial charge < -0.3 is 9.47 Å². The van der Waals surface area contributed by atoms with E-state index in [4.69, 9.17) is 20.7 Å². The summed E-state index contributed by atoms with van der Waals surface area (Å²) in [6.07, 6.45) is 8.41. The lowest BCUT2D eigenvalue weighted by Crippen LogP contribution is -2.58. The van der Waals surface area contributed by atoms with E-state index in [1.807, 2.05) is 4.90 Å². The molecule has 2 aromatic carbocycles. The standard InChI is InChI=1S/C27H32N2O8S2/c1-3-17-29-18-15-27(16-19-29,26(30)28-37-25-6-4-5-20-35-25)39(33,34)24-13-9-22(10-14-24)36-21-7-11-23(12-8-21)38(2,31)32/h1,7-14,25H,4-6,15-20H2,2H3,(H,28,30). The van der Waals surface area contributed by atoms with Crippen LogP contribution in [0.15, 0.2) is 58.3 Å². The second kappa shape index (κ2) is 12.1. The van der Waals surface area contributed by atoms with Crippen molar-refractivity contribution in [1.29, 1.82) is 0 Å². The molecule has 0 aliphatic carbocycles. The van der Waals surface area contributed by atoms with Crippen LogP contribution in [0.5, 0.6) is 11.5 Å². The predicted octanol–water partition coefficient (Wildman–Crippen LogP) is 2.70. The van der Waals surface area contributed by atoms with Crippen LogP contribution in [0.3, 0.4) is 0 Å². The molecule has 210 valence electrons. The fraction of sp³-hybridized carbons (Fsp3) is 0.444. The van der Waals surface area contributed by atoms with Gasteiger partial charge in [-0.1, -0.05) is 5.92 Å². The molecule has 2 heterocycles. The molecule has 0 aromatic heterocycles. The van der Waals surface area contributed by atoms with Gasteiger partial charge in [0.25, 0.3) is 5.91 Å². The molecule has 2 aliphatic rings. The first kappa shape index (κ1) is 29.0. The number of piperidine rings is 1. The molecule has 1 unspecified atom stereocenters. The smallest absolute Gasteiger partial charge is 0.265 e. The molecule has 12 heteroatoms. The molecule has 2 saturated heterocycles. The first-order chi connectivity index (χ1) is 18.5. The number of hydrogen-bond donors (Lipinski definition) is 1. The van der Waals surface area contributed by atoms with E-state index in [9.17, 15) is 21.6 Å². The summed E-state index contributed by atoms with van der Waals surface area (Å²) in [7, 11) is -7.50. The maximum absolute atomic E-state index is 14.0. The summed E-state index contributed by atoms with van der Waals surface area (Å²) in [5.74, 6) is 2.56. The van der Waals surface area contributed by atoms with Crippen molar-refractivity contribution in [2.75, 3.05) is 32.5 Å². The van der Waals surface area contributed by atoms with Gasteiger partial charge >= 0.3 is 0 Å². The topological polar surface area (TPSA) is 128 Å². The largest absolute Gasteiger partial charge is 0.457 e. The fourth-order valence-electron chi connectivity index (χ4n) is 4.64. The number of hydroxylamine groups is 1. The average Bonchev–Trinajstić information content (AvgIpc) is 2.93. The molecular weight excluding hydrogens is 544 g/mol. The summed E-state index contributed by atoms with van der Waals surface area (Å²) in [5, 5.41) is 0. The summed E-state index contributed by atoms with van der Waals surface area (Å²) in [4.78, 5) is 21.0. The fourth-order valence-corrected chi connectivity index (χ4v) is 7.22. The molecule has 1 atom stereocenters. The van der Waals surface area contributed by atoms with Gasteiger partial charge in [-0.3, -0.25) is 9.69 Å². The van der Waals surface area contributed by atoms with Crippen LogP contribution in [0.2, 0.25) is 0 Å². The Bertz CT molecular complexity index is 1400. The van der Waals surface area contributed by atoms with Crippen LogP contribution in [-0.4, -0.2) is 71.2 Å². The maximum atomic E-state index is 14.0. The molecule has 2 fully saturated rings. The van der Waals surface area contributed by atoms with Gasteiger partial charge in [0.2, 0.25) is 0 Å². The molecule has 2 aromatic rings. The number of carbonyl (C=O) groups excluding carboxylic acids is 1. The number of likely N-dealkylation sites (tertiary alicyclic amines) is 1. The number of carbonyl (C=O) groups is 1. The third-order valence-electron chi connectivity index (χ3n) is 6.95. The second-order valence-corrected chi connectivity index (χ2v) is 13.9. The molecule has 4 rings (SSSR count). The Balaban J connectivity index is 1.53. The average molecular weight is 577 g/mol. The van der Waals surface area contributed by atoms with Gasteiger partial charge in [0, 0.05) is 32.4 Å². The van der Waals surface area contributed by atoms with Gasteiger partial charge in [0.15, 0.2) is 30.7 Å². The van der Waals surface area contributed by atoms with Crippen molar-refractivity contribution in [2.45, 2.75) is 52.9 Å². The number of terminal acetylenes is 1. The van der Waals surface area contributed by atoms with Crippen molar-refractivity contribution in [3.05, 3.63) is 48.5 Å². The molecule has 0 radical (unpaired) electrons. The number of rotatable bonds is 9. The van der Waals surface area contributed by atoms with Gasteiger partial charge in [-0.15, -0.1) is 6.42 Å². The SMILES string of the molecule is C#CCN1CCC(C(=O)NOC2CCCCO2)(S(=O)(=O)c2ccc(Oc3ccc(S(C)(=O)=O)cc3)cc2)CC1. The molecule has 1 amide bonds. The van der Waals surface area contributed by atoms with Crippen molar-refractivity contribution < 1.29 is 35.9 Å². The zero-order valence-corrected chi connectivity index (χ0v) is 23.3. The highest BCUT2D eigenvalue weighted by Gasteiger charge is 2.53. The molecule has 2 aliphatic heterocycles. The summed E-state index contributed by atoms with van der Waals surface area (Å²) in [6, 6.07) is 11.6. The Labute approximate surface area is 229 Å². The third-order valence-corrected chi connectivity index (χ3v) is 10.6. The minimum Gasteiger partial charge on any atom is -0.457 e. The van der Waals surface area contributed by atoms with Crippen molar-refractivity contribution >= 4 is 25.6 Å². The lowest BCUT2D eigenvalue weighted by molar-refractivity contribution is -0.202. The molecule has 10 nitrogen and oxygen atoms in total. The Hall–Kier alpha value is -2.95. The Morgan fingerprint density at radius 3 is 2.13 bits per heavy atom. The molecule has 0 bridgehead atoms. The van der Waals surface area contributed by atoms with Crippen molar-refractivity contribution in [1.82, 2.24) is 10.4 Å². The minimum atomic E-state index is -4.16. The molecule has 1 N–H and O–H groups in total. The van der Waals surface area contributed by atoms with E-state index < -0.39 is 36.6 Å². The van der Waals surface area contributed by atoms with Crippen LogP contribution in [0.1, 0.15) is 32.1 Å². The first-order valence-electron chi connectivity index (χ1n) is 12.6. The number of nitrogens with one attached hydrogen (secondary N) is 1. The van der Waals surface area contributed by atoms with Gasteiger partial charge in [0.1, 0.15) is 11.5 Å². The van der Waals surface area contributed by atoms with Gasteiger partial charge in [-0.25, -0.2) is 27.2 Å². The monoisotopic (exact) mass is 576 g/mol. The van der Waals surface area contributed by atoms with Crippen LogP contribution < -0.4 is 10.2 Å². The Kier molecular flexibility index (Phi) is 8.98. The summed E-state index contributed by atoms with van der Waals surface area (Å²) in [5.41, 5.74) is 2.38. The highest BCUT2D eigenvalue weighted by Crippen LogP contribution is 2.37. The number of amides is 1. The lowest BCUT2D eigenvalue weighted by Gasteiger charge is -2.39. The van der Waals surface area contributed by atoms with Gasteiger partial charge in [-0.05, 0) is 74.2 Å². The maximum Gasteiger partial charge on any atom is 0.265 e. The van der Waals surface area contributed by atoms with E-state index in [2.05, 4.69) is 11.4 Å². The zero-order chi connectivity index (χ0) is 28.1. The van der Waals surface area contributed by atoms with Crippen LogP contribution in [0.4, 0.5) is 0 Å². The molecule has 0 saturated carbocycles. The predicted molar refractivity (Wildman–Crippen MR) is 143 cm³/mol. The third kappa shape index (κ3) is 6.62. The number of hydrogen-bond acceptors (Lipinski definition) is 9. The van der Waals surface area contributed by atoms with Crippen LogP contribution >= 0.6 is 0 Å². The van der Waals surface area contributed by atoms with E-state index in [-0.39, 0.29) is 22.6 Å². The van der Waals surface area contributed by atoms with E-state index in [0.29, 0.717) is 44.2 Å². The second-order valence-electron chi connectivity index (χ2n) is 9.64. The van der Waals surface area contributed by atoms with Crippen LogP contribution in [0, 0.1) is 12.3 Å². The Morgan fingerprint density at radius 2 is 1.62 bits per heavy atom. The quantitative estimate of drug-likeness (QED) is 0.354. The molecule has 39 heavy (non-hydrogen) atoms. The minimum absolute atomic E-state index is 0.0308. The van der Waals surface area contributed by atoms with Crippen molar-refractivity contribution in [3.63, 3.8) is 0 Å². The van der Waals surface area contributed by atoms with E-state index in [1.165, 1.54) is 48.5 Å². The Morgan fingerprint density at radius 1 is 1.03 bits per heavy atom. The summed E-state index contributed by atoms with van der Waals surface area (Å²) in [6.45, 7) is 1.55. The van der Waals surface area contributed by atoms with E-state index >= 15 is 0 Å². The van der Waals surface area contributed by atoms with Crippen molar-refractivity contribution in [2.24, 2.45) is 0 Å². The first-order valence-corrected chi connectivity index (χ1v) is 16.0. The zero-order valence-electron chi connectivity index (χ0n) is 21.7. The number of nitrogens with zero attached hydrogens (tertiary/aromatic N) is 1. The molecule has 0 spiro atoms. The van der Waals surface area contributed by atoms with Gasteiger partial charge in [0.05, 0.1) is 16.3 Å². The normalized spacial score (nSPS) is 20.1. The number of benzene rings is 2. The lowest BCUT2D eigenvalue weighted by atomic mass is 9.95. The van der Waals surface area contributed by atoms with Crippen LogP contribution in [0.25, 0.3) is 0 Å². The van der Waals surface area contributed by atoms with Crippen molar-refractivity contribution in [3.8, 4) is 23.8 Å². The van der Waals surface area contributed by atoms with E-state index in [1.54, 1.807) is 0 Å². The molecular formula is C27H32N2O8S2. The number of ether oxygens (including phenoxy) is 2. The highest BCUT2D eigenvalue weighted by atomic mass is 32.2. The van der Waals surface area contributed by atoms with E-state index in [0.717, 1.165) is 19.1 Å². The van der Waals surface area contributed by atoms with Gasteiger partial charge in [-0.2, -0.15) is 0 Å². The summed E-state index contributed by atoms with van der Waals surface area (Å²) < 4.78 is 60.7.